The minimum atomic E-state index is -0.0879. The van der Waals surface area contributed by atoms with E-state index in [-0.39, 0.29) is 5.41 Å². The van der Waals surface area contributed by atoms with E-state index in [1.165, 1.54) is 38.3 Å². The maximum Gasteiger partial charge on any atom is 0.122 e. The number of methoxy groups -OCH3 is 1. The highest BCUT2D eigenvalue weighted by Crippen LogP contribution is 2.50. The van der Waals surface area contributed by atoms with Crippen LogP contribution in [0.3, 0.4) is 0 Å². The minimum Gasteiger partial charge on any atom is -0.496 e. The van der Waals surface area contributed by atoms with E-state index in [1.807, 2.05) is 0 Å². The summed E-state index contributed by atoms with van der Waals surface area (Å²) in [5.41, 5.74) is 8.50. The average Bonchev–Trinajstić information content (AvgIpc) is 3.44. The normalized spacial score (nSPS) is 19.9. The molecule has 3 aliphatic carbocycles. The summed E-state index contributed by atoms with van der Waals surface area (Å²) in [6.07, 6.45) is 13.7. The van der Waals surface area contributed by atoms with Crippen LogP contribution in [0.15, 0.2) is 103 Å². The number of fused-ring (bicyclic) bond motifs is 3. The van der Waals surface area contributed by atoms with Crippen molar-refractivity contribution in [3.8, 4) is 5.75 Å². The molecule has 2 unspecified atom stereocenters. The first kappa shape index (κ1) is 21.9. The van der Waals surface area contributed by atoms with Crippen molar-refractivity contribution in [2.75, 3.05) is 7.11 Å². The van der Waals surface area contributed by atoms with Gasteiger partial charge in [0.25, 0.3) is 0 Å². The zero-order valence-electron chi connectivity index (χ0n) is 20.8. The maximum absolute atomic E-state index is 5.77. The summed E-state index contributed by atoms with van der Waals surface area (Å²) in [5.74, 6) is 1.69. The third-order valence-electron chi connectivity index (χ3n) is 8.24. The predicted octanol–water partition coefficient (Wildman–Crippen LogP) is 6.69. The van der Waals surface area contributed by atoms with Gasteiger partial charge in [0.15, 0.2) is 0 Å². The standard InChI is InChI=1S/C34H32O/c1-34(2,31-18-10-11-19-33(31)35-3)32-22-23(24-12-4-9-17-30(24)32)20-21-29-27-15-7-5-13-25(27)26-14-6-8-16-28(26)29/h4-19,22,27,32H,20-21H2,1-3H3. The molecule has 0 saturated heterocycles. The fourth-order valence-electron chi connectivity index (χ4n) is 6.45. The van der Waals surface area contributed by atoms with Gasteiger partial charge in [0.2, 0.25) is 0 Å². The lowest BCUT2D eigenvalue weighted by atomic mass is 9.71. The number of rotatable bonds is 6. The zero-order valence-corrected chi connectivity index (χ0v) is 20.8. The van der Waals surface area contributed by atoms with Gasteiger partial charge in [0, 0.05) is 22.8 Å². The van der Waals surface area contributed by atoms with Crippen LogP contribution < -0.4 is 15.2 Å². The Labute approximate surface area is 208 Å². The smallest absolute Gasteiger partial charge is 0.122 e. The van der Waals surface area contributed by atoms with Crippen LogP contribution in [0.1, 0.15) is 49.3 Å². The van der Waals surface area contributed by atoms with Crippen LogP contribution in [0, 0.1) is 5.92 Å². The van der Waals surface area contributed by atoms with E-state index in [9.17, 15) is 0 Å². The summed E-state index contributed by atoms with van der Waals surface area (Å²) in [4.78, 5) is 0. The highest BCUT2D eigenvalue weighted by Gasteiger charge is 2.38. The minimum absolute atomic E-state index is 0.0879. The van der Waals surface area contributed by atoms with Gasteiger partial charge in [-0.05, 0) is 51.6 Å². The molecule has 3 aromatic carbocycles. The summed E-state index contributed by atoms with van der Waals surface area (Å²) in [5, 5.41) is 2.84. The van der Waals surface area contributed by atoms with Crippen LogP contribution in [-0.2, 0) is 5.41 Å². The second-order valence-corrected chi connectivity index (χ2v) is 10.4. The molecule has 0 amide bonds. The molecule has 0 bridgehead atoms. The Bertz CT molecular complexity index is 1510. The topological polar surface area (TPSA) is 9.23 Å². The van der Waals surface area contributed by atoms with E-state index < -0.39 is 0 Å². The van der Waals surface area contributed by atoms with E-state index >= 15 is 0 Å². The molecule has 0 spiro atoms. The van der Waals surface area contributed by atoms with E-state index in [1.54, 1.807) is 12.7 Å². The van der Waals surface area contributed by atoms with Gasteiger partial charge in [-0.2, -0.15) is 0 Å². The number of hydrogen-bond donors (Lipinski definition) is 0. The van der Waals surface area contributed by atoms with Gasteiger partial charge >= 0.3 is 0 Å². The third kappa shape index (κ3) is 3.53. The fourth-order valence-corrected chi connectivity index (χ4v) is 6.45. The predicted molar refractivity (Wildman–Crippen MR) is 147 cm³/mol. The molecular weight excluding hydrogens is 424 g/mol. The van der Waals surface area contributed by atoms with Gasteiger partial charge in [-0.3, -0.25) is 0 Å². The molecule has 3 aromatic rings. The van der Waals surface area contributed by atoms with Gasteiger partial charge in [-0.25, -0.2) is 0 Å². The van der Waals surface area contributed by atoms with Crippen LogP contribution in [0.2, 0.25) is 0 Å². The molecule has 0 N–H and O–H groups in total. The van der Waals surface area contributed by atoms with Crippen molar-refractivity contribution in [2.24, 2.45) is 5.92 Å². The molecule has 2 atom stereocenters. The Morgan fingerprint density at radius 1 is 0.800 bits per heavy atom. The first-order chi connectivity index (χ1) is 17.1. The van der Waals surface area contributed by atoms with Crippen molar-refractivity contribution in [1.29, 1.82) is 0 Å². The van der Waals surface area contributed by atoms with Crippen LogP contribution in [-0.4, -0.2) is 7.11 Å². The van der Waals surface area contributed by atoms with Gasteiger partial charge < -0.3 is 4.74 Å². The Balaban J connectivity index is 1.37. The van der Waals surface area contributed by atoms with Gasteiger partial charge in [0.1, 0.15) is 5.75 Å². The molecule has 174 valence electrons. The summed E-state index contributed by atoms with van der Waals surface area (Å²) in [6.45, 7) is 4.71. The van der Waals surface area contributed by atoms with E-state index in [2.05, 4.69) is 117 Å². The number of benzene rings is 3. The van der Waals surface area contributed by atoms with Crippen LogP contribution in [0.25, 0.3) is 16.7 Å². The molecular formula is C34H32O. The summed E-state index contributed by atoms with van der Waals surface area (Å²) in [6, 6.07) is 26.4. The fraction of sp³-hybridized carbons (Fsp3) is 0.235. The molecule has 0 radical (unpaired) electrons. The lowest BCUT2D eigenvalue weighted by Gasteiger charge is -2.33. The van der Waals surface area contributed by atoms with Crippen LogP contribution in [0.4, 0.5) is 0 Å². The van der Waals surface area contributed by atoms with Crippen molar-refractivity contribution < 1.29 is 4.74 Å². The number of para-hydroxylation sites is 1. The Morgan fingerprint density at radius 2 is 1.54 bits per heavy atom. The molecule has 1 nitrogen and oxygen atoms in total. The second kappa shape index (κ2) is 8.57. The summed E-state index contributed by atoms with van der Waals surface area (Å²) in [7, 11) is 1.77. The van der Waals surface area contributed by atoms with Gasteiger partial charge in [-0.1, -0.05) is 117 Å². The van der Waals surface area contributed by atoms with E-state index in [0.717, 1.165) is 18.6 Å². The first-order valence-electron chi connectivity index (χ1n) is 12.7. The van der Waals surface area contributed by atoms with Crippen LogP contribution >= 0.6 is 0 Å². The molecule has 35 heavy (non-hydrogen) atoms. The molecule has 0 aliphatic heterocycles. The average molecular weight is 457 g/mol. The van der Waals surface area contributed by atoms with E-state index in [4.69, 9.17) is 4.74 Å². The monoisotopic (exact) mass is 456 g/mol. The number of hydrogen-bond acceptors (Lipinski definition) is 1. The Morgan fingerprint density at radius 3 is 2.40 bits per heavy atom. The van der Waals surface area contributed by atoms with Gasteiger partial charge in [0.05, 0.1) is 7.11 Å². The molecule has 0 heterocycles. The number of allylic oxidation sites excluding steroid dienone is 6. The van der Waals surface area contributed by atoms with Crippen molar-refractivity contribution in [2.45, 2.75) is 38.0 Å². The molecule has 0 fully saturated rings. The SMILES string of the molecule is COc1ccccc1C(C)(C)C1C=C(CCC2=c3ccccc3=C3C=CC=CC32)c2ccccc21. The van der Waals surface area contributed by atoms with Crippen LogP contribution in [0.5, 0.6) is 5.75 Å². The van der Waals surface area contributed by atoms with Crippen molar-refractivity contribution >= 4 is 16.7 Å². The van der Waals surface area contributed by atoms with E-state index in [0.29, 0.717) is 11.8 Å². The zero-order chi connectivity index (χ0) is 24.0. The summed E-state index contributed by atoms with van der Waals surface area (Å²) >= 11 is 0. The lowest BCUT2D eigenvalue weighted by molar-refractivity contribution is 0.383. The quantitative estimate of drug-likeness (QED) is 0.401. The highest BCUT2D eigenvalue weighted by molar-refractivity contribution is 5.82. The highest BCUT2D eigenvalue weighted by atomic mass is 16.5. The maximum atomic E-state index is 5.77. The van der Waals surface area contributed by atoms with Crippen molar-refractivity contribution in [3.63, 3.8) is 0 Å². The third-order valence-corrected chi connectivity index (χ3v) is 8.24. The molecule has 3 aliphatic rings. The molecule has 0 saturated carbocycles. The molecule has 0 aromatic heterocycles. The summed E-state index contributed by atoms with van der Waals surface area (Å²) < 4.78 is 5.77. The number of ether oxygens (including phenoxy) is 1. The molecule has 1 heteroatoms. The molecule has 6 rings (SSSR count). The van der Waals surface area contributed by atoms with Gasteiger partial charge in [-0.15, -0.1) is 0 Å². The second-order valence-electron chi connectivity index (χ2n) is 10.4. The lowest BCUT2D eigenvalue weighted by Crippen LogP contribution is -2.25. The van der Waals surface area contributed by atoms with Crippen molar-refractivity contribution in [1.82, 2.24) is 0 Å². The Hall–Kier alpha value is -3.58. The first-order valence-corrected chi connectivity index (χ1v) is 12.7. The largest absolute Gasteiger partial charge is 0.496 e. The van der Waals surface area contributed by atoms with Crippen molar-refractivity contribution in [3.05, 3.63) is 130 Å². The Kier molecular flexibility index (Phi) is 5.37.